The van der Waals surface area contributed by atoms with Gasteiger partial charge in [-0.1, -0.05) is 84.9 Å². The predicted molar refractivity (Wildman–Crippen MR) is 129 cm³/mol. The van der Waals surface area contributed by atoms with Crippen molar-refractivity contribution in [2.45, 2.75) is 30.6 Å². The van der Waals surface area contributed by atoms with Gasteiger partial charge < -0.3 is 9.64 Å². The van der Waals surface area contributed by atoms with Gasteiger partial charge in [-0.05, 0) is 42.0 Å². The molecule has 3 aromatic rings. The number of hydrogen-bond donors (Lipinski definition) is 0. The van der Waals surface area contributed by atoms with Crippen molar-refractivity contribution in [2.24, 2.45) is 0 Å². The Morgan fingerprint density at radius 1 is 0.939 bits per heavy atom. The Hall–Kier alpha value is -3.66. The molecule has 1 heterocycles. The molecule has 0 N–H and O–H groups in total. The molecule has 0 bridgehead atoms. The van der Waals surface area contributed by atoms with Crippen molar-refractivity contribution >= 4 is 17.6 Å². The van der Waals surface area contributed by atoms with Gasteiger partial charge in [0.2, 0.25) is 5.91 Å². The van der Waals surface area contributed by atoms with Crippen LogP contribution in [0.4, 0.5) is 5.69 Å². The Balaban J connectivity index is 1.85. The van der Waals surface area contributed by atoms with Crippen LogP contribution < -0.4 is 4.90 Å². The molecular formula is C29H27NO3. The van der Waals surface area contributed by atoms with Gasteiger partial charge >= 0.3 is 5.97 Å². The zero-order chi connectivity index (χ0) is 23.0. The molecule has 166 valence electrons. The Labute approximate surface area is 194 Å². The zero-order valence-electron chi connectivity index (χ0n) is 18.9. The minimum absolute atomic E-state index is 0.0234. The van der Waals surface area contributed by atoms with Crippen molar-refractivity contribution in [3.8, 4) is 0 Å². The summed E-state index contributed by atoms with van der Waals surface area (Å²) in [4.78, 5) is 29.4. The molecule has 1 spiro atoms. The lowest BCUT2D eigenvalue weighted by Crippen LogP contribution is -2.50. The summed E-state index contributed by atoms with van der Waals surface area (Å²) in [6, 6.07) is 28.3. The lowest BCUT2D eigenvalue weighted by atomic mass is 9.55. The number of benzene rings is 3. The number of fused-ring (bicyclic) bond motifs is 2. The van der Waals surface area contributed by atoms with Crippen LogP contribution in [0.5, 0.6) is 0 Å². The second kappa shape index (κ2) is 8.36. The van der Waals surface area contributed by atoms with E-state index in [0.717, 1.165) is 22.4 Å². The third kappa shape index (κ3) is 3.12. The molecule has 4 heteroatoms. The van der Waals surface area contributed by atoms with Crippen LogP contribution in [0.1, 0.15) is 41.9 Å². The van der Waals surface area contributed by atoms with Gasteiger partial charge in [0.25, 0.3) is 0 Å². The Morgan fingerprint density at radius 2 is 1.55 bits per heavy atom. The number of carbonyl (C=O) groups excluding carboxylic acids is 2. The molecule has 1 aliphatic heterocycles. The second-order valence-corrected chi connectivity index (χ2v) is 8.67. The Kier molecular flexibility index (Phi) is 5.37. The lowest BCUT2D eigenvalue weighted by molar-refractivity contribution is -0.141. The molecule has 1 amide bonds. The zero-order valence-corrected chi connectivity index (χ0v) is 18.9. The minimum atomic E-state index is -1.16. The number of likely N-dealkylation sites (N-methyl/N-ethyl adjacent to an activating group) is 1. The SMILES string of the molecule is CCOC(=O)C1=CC[C@@H](c2ccccc2)[C@H](c2ccccc2)[C@]12C(=O)N(C)c1ccccc12. The number of esters is 1. The van der Waals surface area contributed by atoms with Gasteiger partial charge in [0.15, 0.2) is 0 Å². The summed E-state index contributed by atoms with van der Waals surface area (Å²) in [5, 5.41) is 0. The van der Waals surface area contributed by atoms with Crippen LogP contribution in [-0.4, -0.2) is 25.5 Å². The summed E-state index contributed by atoms with van der Waals surface area (Å²) in [5.74, 6) is -0.736. The molecule has 0 fully saturated rings. The van der Waals surface area contributed by atoms with Crippen LogP contribution in [0.3, 0.4) is 0 Å². The molecule has 2 aliphatic rings. The number of rotatable bonds is 4. The summed E-state index contributed by atoms with van der Waals surface area (Å²) >= 11 is 0. The maximum atomic E-state index is 14.3. The highest BCUT2D eigenvalue weighted by Crippen LogP contribution is 2.61. The summed E-state index contributed by atoms with van der Waals surface area (Å²) in [7, 11) is 1.80. The highest BCUT2D eigenvalue weighted by atomic mass is 16.5. The molecule has 0 saturated carbocycles. The normalized spacial score (nSPS) is 23.9. The van der Waals surface area contributed by atoms with E-state index in [1.54, 1.807) is 18.9 Å². The lowest BCUT2D eigenvalue weighted by Gasteiger charge is -2.45. The van der Waals surface area contributed by atoms with Gasteiger partial charge in [0.1, 0.15) is 5.41 Å². The van der Waals surface area contributed by atoms with E-state index < -0.39 is 11.4 Å². The molecular weight excluding hydrogens is 410 g/mol. The maximum absolute atomic E-state index is 14.3. The molecule has 33 heavy (non-hydrogen) atoms. The maximum Gasteiger partial charge on any atom is 0.335 e. The van der Waals surface area contributed by atoms with Crippen molar-refractivity contribution in [1.82, 2.24) is 0 Å². The predicted octanol–water partition coefficient (Wildman–Crippen LogP) is 5.36. The van der Waals surface area contributed by atoms with E-state index in [4.69, 9.17) is 4.74 Å². The van der Waals surface area contributed by atoms with E-state index in [1.165, 1.54) is 0 Å². The van der Waals surface area contributed by atoms with Crippen molar-refractivity contribution in [3.63, 3.8) is 0 Å². The summed E-state index contributed by atoms with van der Waals surface area (Å²) in [6.07, 6.45) is 2.60. The van der Waals surface area contributed by atoms with Gasteiger partial charge in [-0.25, -0.2) is 4.79 Å². The second-order valence-electron chi connectivity index (χ2n) is 8.67. The smallest absolute Gasteiger partial charge is 0.335 e. The quantitative estimate of drug-likeness (QED) is 0.516. The topological polar surface area (TPSA) is 46.6 Å². The molecule has 0 saturated heterocycles. The highest BCUT2D eigenvalue weighted by Gasteiger charge is 2.62. The van der Waals surface area contributed by atoms with Crippen molar-refractivity contribution < 1.29 is 14.3 Å². The number of hydrogen-bond acceptors (Lipinski definition) is 3. The molecule has 3 atom stereocenters. The number of ether oxygens (including phenoxy) is 1. The molecule has 5 rings (SSSR count). The molecule has 0 unspecified atom stereocenters. The third-order valence-corrected chi connectivity index (χ3v) is 7.08. The van der Waals surface area contributed by atoms with Crippen LogP contribution in [0.25, 0.3) is 0 Å². The van der Waals surface area contributed by atoms with Crippen LogP contribution in [0.2, 0.25) is 0 Å². The fourth-order valence-electron chi connectivity index (χ4n) is 5.79. The van der Waals surface area contributed by atoms with Crippen LogP contribution >= 0.6 is 0 Å². The van der Waals surface area contributed by atoms with Crippen LogP contribution in [0.15, 0.2) is 96.6 Å². The van der Waals surface area contributed by atoms with E-state index in [9.17, 15) is 9.59 Å². The third-order valence-electron chi connectivity index (χ3n) is 7.08. The molecule has 4 nitrogen and oxygen atoms in total. The average molecular weight is 438 g/mol. The Bertz CT molecular complexity index is 1220. The van der Waals surface area contributed by atoms with E-state index in [2.05, 4.69) is 24.3 Å². The summed E-state index contributed by atoms with van der Waals surface area (Å²) in [6.45, 7) is 2.06. The highest BCUT2D eigenvalue weighted by molar-refractivity contribution is 6.16. The first-order valence-electron chi connectivity index (χ1n) is 11.5. The molecule has 3 aromatic carbocycles. The summed E-state index contributed by atoms with van der Waals surface area (Å²) in [5.41, 5.74) is 3.20. The van der Waals surface area contributed by atoms with E-state index in [1.807, 2.05) is 66.7 Å². The minimum Gasteiger partial charge on any atom is -0.463 e. The number of allylic oxidation sites excluding steroid dienone is 1. The molecule has 0 aromatic heterocycles. The summed E-state index contributed by atoms with van der Waals surface area (Å²) < 4.78 is 5.51. The Morgan fingerprint density at radius 3 is 2.21 bits per heavy atom. The fraction of sp³-hybridized carbons (Fsp3) is 0.241. The van der Waals surface area contributed by atoms with Gasteiger partial charge in [-0.3, -0.25) is 4.79 Å². The first kappa shape index (κ1) is 21.2. The standard InChI is InChI=1S/C29H27NO3/c1-3-33-27(31)24-19-18-22(20-12-6-4-7-13-20)26(21-14-8-5-9-15-21)29(24)23-16-10-11-17-25(23)30(2)28(29)32/h4-17,19,22,26H,3,18H2,1-2H3/t22-,26-,29+/m0/s1. The number of anilines is 1. The van der Waals surface area contributed by atoms with E-state index in [0.29, 0.717) is 12.0 Å². The van der Waals surface area contributed by atoms with Gasteiger partial charge in [0, 0.05) is 18.7 Å². The van der Waals surface area contributed by atoms with Gasteiger partial charge in [-0.15, -0.1) is 0 Å². The van der Waals surface area contributed by atoms with Crippen molar-refractivity contribution in [3.05, 3.63) is 113 Å². The average Bonchev–Trinajstić information content (AvgIpc) is 3.08. The van der Waals surface area contributed by atoms with Crippen LogP contribution in [0, 0.1) is 0 Å². The van der Waals surface area contributed by atoms with Crippen molar-refractivity contribution in [2.75, 3.05) is 18.6 Å². The van der Waals surface area contributed by atoms with E-state index in [-0.39, 0.29) is 24.3 Å². The first-order valence-corrected chi connectivity index (χ1v) is 11.5. The van der Waals surface area contributed by atoms with Gasteiger partial charge in [-0.2, -0.15) is 0 Å². The fourth-order valence-corrected chi connectivity index (χ4v) is 5.79. The monoisotopic (exact) mass is 437 g/mol. The number of nitrogens with zero attached hydrogens (tertiary/aromatic N) is 1. The number of amides is 1. The van der Waals surface area contributed by atoms with Crippen LogP contribution in [-0.2, 0) is 19.7 Å². The van der Waals surface area contributed by atoms with Crippen molar-refractivity contribution in [1.29, 1.82) is 0 Å². The molecule has 0 radical (unpaired) electrons. The van der Waals surface area contributed by atoms with E-state index >= 15 is 0 Å². The molecule has 1 aliphatic carbocycles. The first-order chi connectivity index (χ1) is 16.1. The van der Waals surface area contributed by atoms with Gasteiger partial charge in [0.05, 0.1) is 12.2 Å². The largest absolute Gasteiger partial charge is 0.463 e. The number of carbonyl (C=O) groups is 2. The number of para-hydroxylation sites is 1.